The summed E-state index contributed by atoms with van der Waals surface area (Å²) in [7, 11) is 0. The molecule has 1 saturated carbocycles. The minimum absolute atomic E-state index is 0.303. The van der Waals surface area contributed by atoms with Crippen molar-refractivity contribution in [1.82, 2.24) is 5.32 Å². The third-order valence-electron chi connectivity index (χ3n) is 3.63. The fraction of sp³-hybridized carbons (Fsp3) is 0.600. The molecule has 0 saturated heterocycles. The van der Waals surface area contributed by atoms with Crippen molar-refractivity contribution < 1.29 is 9.84 Å². The van der Waals surface area contributed by atoms with Crippen molar-refractivity contribution in [1.29, 1.82) is 0 Å². The summed E-state index contributed by atoms with van der Waals surface area (Å²) >= 11 is 5.95. The molecule has 1 fully saturated rings. The van der Waals surface area contributed by atoms with E-state index in [1.165, 1.54) is 12.8 Å². The van der Waals surface area contributed by atoms with Gasteiger partial charge >= 0.3 is 0 Å². The van der Waals surface area contributed by atoms with E-state index in [0.717, 1.165) is 22.3 Å². The molecule has 3 nitrogen and oxygen atoms in total. The van der Waals surface area contributed by atoms with Crippen LogP contribution >= 0.6 is 11.6 Å². The monoisotopic (exact) mass is 283 g/mol. The zero-order valence-electron chi connectivity index (χ0n) is 11.5. The molecule has 0 amide bonds. The minimum atomic E-state index is -0.478. The van der Waals surface area contributed by atoms with Crippen molar-refractivity contribution in [3.63, 3.8) is 0 Å². The normalized spacial score (nSPS) is 23.2. The zero-order chi connectivity index (χ0) is 13.8. The molecule has 1 aromatic carbocycles. The Hall–Kier alpha value is -0.770. The molecule has 1 aromatic rings. The summed E-state index contributed by atoms with van der Waals surface area (Å²) in [5.41, 5.74) is 0.982. The first kappa shape index (κ1) is 14.6. The quantitative estimate of drug-likeness (QED) is 0.808. The van der Waals surface area contributed by atoms with Crippen LogP contribution in [0.5, 0.6) is 5.75 Å². The van der Waals surface area contributed by atoms with Crippen molar-refractivity contribution in [2.75, 3.05) is 13.2 Å². The summed E-state index contributed by atoms with van der Waals surface area (Å²) in [6.07, 6.45) is 1.98. The van der Waals surface area contributed by atoms with Crippen LogP contribution in [0.1, 0.15) is 25.3 Å². The smallest absolute Gasteiger partial charge is 0.119 e. The highest BCUT2D eigenvalue weighted by Crippen LogP contribution is 2.32. The van der Waals surface area contributed by atoms with Crippen molar-refractivity contribution in [2.45, 2.75) is 38.8 Å². The lowest BCUT2D eigenvalue weighted by Crippen LogP contribution is -2.33. The van der Waals surface area contributed by atoms with Crippen molar-refractivity contribution >= 4 is 11.6 Å². The van der Waals surface area contributed by atoms with E-state index < -0.39 is 6.10 Å². The van der Waals surface area contributed by atoms with Gasteiger partial charge in [0.05, 0.1) is 0 Å². The van der Waals surface area contributed by atoms with E-state index in [1.807, 2.05) is 25.1 Å². The summed E-state index contributed by atoms with van der Waals surface area (Å²) in [4.78, 5) is 0. The third kappa shape index (κ3) is 4.37. The molecule has 1 aliphatic carbocycles. The summed E-state index contributed by atoms with van der Waals surface area (Å²) in [5, 5.41) is 13.9. The molecule has 0 heterocycles. The highest BCUT2D eigenvalue weighted by Gasteiger charge is 2.34. The first-order valence-corrected chi connectivity index (χ1v) is 7.28. The average Bonchev–Trinajstić information content (AvgIpc) is 3.16. The number of aliphatic hydroxyl groups is 1. The van der Waals surface area contributed by atoms with Gasteiger partial charge in [-0.3, -0.25) is 0 Å². The molecule has 0 spiro atoms. The van der Waals surface area contributed by atoms with E-state index in [-0.39, 0.29) is 0 Å². The largest absolute Gasteiger partial charge is 0.491 e. The van der Waals surface area contributed by atoms with Gasteiger partial charge in [0.2, 0.25) is 0 Å². The van der Waals surface area contributed by atoms with E-state index in [9.17, 15) is 5.11 Å². The first-order chi connectivity index (χ1) is 9.10. The second kappa shape index (κ2) is 6.60. The highest BCUT2D eigenvalue weighted by atomic mass is 35.5. The predicted octanol–water partition coefficient (Wildman–Crippen LogP) is 2.78. The Labute approximate surface area is 119 Å². The molecule has 19 heavy (non-hydrogen) atoms. The number of aliphatic hydroxyl groups excluding tert-OH is 1. The molecule has 4 heteroatoms. The minimum Gasteiger partial charge on any atom is -0.491 e. The lowest BCUT2D eigenvalue weighted by molar-refractivity contribution is 0.106. The maximum Gasteiger partial charge on any atom is 0.119 e. The number of nitrogens with one attached hydrogen (secondary N) is 1. The number of rotatable bonds is 7. The Bertz CT molecular complexity index is 425. The lowest BCUT2D eigenvalue weighted by Gasteiger charge is -2.13. The van der Waals surface area contributed by atoms with Gasteiger partial charge in [0.25, 0.3) is 0 Å². The van der Waals surface area contributed by atoms with Crippen molar-refractivity contribution in [3.8, 4) is 5.75 Å². The topological polar surface area (TPSA) is 41.5 Å². The molecular weight excluding hydrogens is 262 g/mol. The van der Waals surface area contributed by atoms with Crippen LogP contribution in [0, 0.1) is 12.8 Å². The summed E-state index contributed by atoms with van der Waals surface area (Å²) in [6, 6.07) is 6.12. The van der Waals surface area contributed by atoms with E-state index in [1.54, 1.807) is 0 Å². The van der Waals surface area contributed by atoms with E-state index >= 15 is 0 Å². The molecule has 3 atom stereocenters. The van der Waals surface area contributed by atoms with Crippen LogP contribution in [-0.2, 0) is 0 Å². The van der Waals surface area contributed by atoms with Gasteiger partial charge in [-0.05, 0) is 43.0 Å². The molecule has 2 N–H and O–H groups in total. The lowest BCUT2D eigenvalue weighted by atomic mass is 10.2. The summed E-state index contributed by atoms with van der Waals surface area (Å²) in [5.74, 6) is 1.55. The van der Waals surface area contributed by atoms with Crippen LogP contribution in [0.3, 0.4) is 0 Å². The van der Waals surface area contributed by atoms with E-state index in [0.29, 0.717) is 19.2 Å². The SMILES string of the molecule is CCC1CC1NCC(O)COc1ccc(Cl)c(C)c1. The number of ether oxygens (including phenoxy) is 1. The molecule has 0 aliphatic heterocycles. The Balaban J connectivity index is 1.68. The van der Waals surface area contributed by atoms with Gasteiger partial charge in [-0.15, -0.1) is 0 Å². The average molecular weight is 284 g/mol. The number of hydrogen-bond acceptors (Lipinski definition) is 3. The molecule has 0 bridgehead atoms. The molecule has 1 aliphatic rings. The van der Waals surface area contributed by atoms with E-state index in [2.05, 4.69) is 12.2 Å². The number of benzene rings is 1. The molecule has 2 rings (SSSR count). The second-order valence-corrected chi connectivity index (χ2v) is 5.70. The van der Waals surface area contributed by atoms with Crippen LogP contribution in [0.15, 0.2) is 18.2 Å². The zero-order valence-corrected chi connectivity index (χ0v) is 12.3. The predicted molar refractivity (Wildman–Crippen MR) is 77.9 cm³/mol. The maximum atomic E-state index is 9.86. The standard InChI is InChI=1S/C15H22ClNO2/c1-3-11-7-15(11)17-8-12(18)9-19-13-4-5-14(16)10(2)6-13/h4-6,11-12,15,17-18H,3,7-9H2,1-2H3. The van der Waals surface area contributed by atoms with Crippen LogP contribution in [0.4, 0.5) is 0 Å². The van der Waals surface area contributed by atoms with Gasteiger partial charge in [-0.25, -0.2) is 0 Å². The first-order valence-electron chi connectivity index (χ1n) is 6.90. The maximum absolute atomic E-state index is 9.86. The van der Waals surface area contributed by atoms with Gasteiger partial charge in [-0.2, -0.15) is 0 Å². The van der Waals surface area contributed by atoms with Gasteiger partial charge in [0.15, 0.2) is 0 Å². The van der Waals surface area contributed by atoms with Crippen LogP contribution in [0.25, 0.3) is 0 Å². The summed E-state index contributed by atoms with van der Waals surface area (Å²) < 4.78 is 5.56. The molecule has 0 radical (unpaired) electrons. The third-order valence-corrected chi connectivity index (χ3v) is 4.06. The molecule has 0 aromatic heterocycles. The van der Waals surface area contributed by atoms with Gasteiger partial charge in [-0.1, -0.05) is 24.9 Å². The van der Waals surface area contributed by atoms with Crippen LogP contribution < -0.4 is 10.1 Å². The Morgan fingerprint density at radius 2 is 2.32 bits per heavy atom. The number of halogens is 1. The van der Waals surface area contributed by atoms with Crippen LogP contribution in [-0.4, -0.2) is 30.4 Å². The Morgan fingerprint density at radius 1 is 1.53 bits per heavy atom. The molecular formula is C15H22ClNO2. The molecule has 3 unspecified atom stereocenters. The number of aryl methyl sites for hydroxylation is 1. The van der Waals surface area contributed by atoms with Gasteiger partial charge < -0.3 is 15.2 Å². The highest BCUT2D eigenvalue weighted by molar-refractivity contribution is 6.31. The van der Waals surface area contributed by atoms with Gasteiger partial charge in [0.1, 0.15) is 18.5 Å². The Kier molecular flexibility index (Phi) is 5.08. The second-order valence-electron chi connectivity index (χ2n) is 5.29. The van der Waals surface area contributed by atoms with Crippen LogP contribution in [0.2, 0.25) is 5.02 Å². The molecule has 106 valence electrons. The number of hydrogen-bond donors (Lipinski definition) is 2. The van der Waals surface area contributed by atoms with E-state index in [4.69, 9.17) is 16.3 Å². The Morgan fingerprint density at radius 3 is 2.95 bits per heavy atom. The summed E-state index contributed by atoms with van der Waals surface area (Å²) in [6.45, 7) is 5.03. The van der Waals surface area contributed by atoms with Gasteiger partial charge in [0, 0.05) is 17.6 Å². The fourth-order valence-electron chi connectivity index (χ4n) is 2.19. The van der Waals surface area contributed by atoms with Crippen molar-refractivity contribution in [3.05, 3.63) is 28.8 Å². The fourth-order valence-corrected chi connectivity index (χ4v) is 2.31. The van der Waals surface area contributed by atoms with Crippen molar-refractivity contribution in [2.24, 2.45) is 5.92 Å².